The summed E-state index contributed by atoms with van der Waals surface area (Å²) in [5.74, 6) is 2.56. The highest BCUT2D eigenvalue weighted by molar-refractivity contribution is 5.40. The fourth-order valence-electron chi connectivity index (χ4n) is 10.1. The molecule has 11 nitrogen and oxygen atoms in total. The molecular weight excluding hydrogens is 691 g/mol. The Bertz CT molecular complexity index is 1740. The Morgan fingerprint density at radius 1 is 1.00 bits per heavy atom. The van der Waals surface area contributed by atoms with Gasteiger partial charge < -0.3 is 34.4 Å². The lowest BCUT2D eigenvalue weighted by atomic mass is 9.55. The summed E-state index contributed by atoms with van der Waals surface area (Å²) in [6.07, 6.45) is 1.39. The quantitative estimate of drug-likeness (QED) is 0.250. The van der Waals surface area contributed by atoms with E-state index in [1.54, 1.807) is 10.9 Å². The van der Waals surface area contributed by atoms with Gasteiger partial charge in [-0.1, -0.05) is 24.3 Å². The number of alkyl halides is 3. The Hall–Kier alpha value is -3.30. The first-order valence-electron chi connectivity index (χ1n) is 19.2. The molecule has 4 heterocycles. The first kappa shape index (κ1) is 36.7. The Balaban J connectivity index is 0.771. The highest BCUT2D eigenvalue weighted by atomic mass is 19.4. The monoisotopic (exact) mass is 741 g/mol. The predicted molar refractivity (Wildman–Crippen MR) is 186 cm³/mol. The average molecular weight is 742 g/mol. The highest BCUT2D eigenvalue weighted by Gasteiger charge is 2.54. The van der Waals surface area contributed by atoms with E-state index in [1.165, 1.54) is 30.0 Å². The van der Waals surface area contributed by atoms with Crippen molar-refractivity contribution in [3.05, 3.63) is 65.1 Å². The van der Waals surface area contributed by atoms with Gasteiger partial charge in [0, 0.05) is 25.7 Å². The van der Waals surface area contributed by atoms with Gasteiger partial charge in [-0.3, -0.25) is 0 Å². The SMILES string of the molecule is C[C@]12CC[C@@H]3c4ccc(OCCCN5CCC(n6cc([C@H]7OC[C@H](Oc8cccc(C(F)(F)F)n8)[C@@H](O)[C@H]7O)nn6)CC5)cc4CCC3[C@@H]1CC[C@@H]2O. The molecule has 288 valence electrons. The van der Waals surface area contributed by atoms with E-state index in [9.17, 15) is 28.5 Å². The van der Waals surface area contributed by atoms with Crippen molar-refractivity contribution < 1.29 is 42.7 Å². The second-order valence-corrected chi connectivity index (χ2v) is 16.1. The second kappa shape index (κ2) is 14.7. The molecule has 5 aliphatic rings. The van der Waals surface area contributed by atoms with E-state index in [0.29, 0.717) is 30.1 Å². The number of aliphatic hydroxyl groups is 3. The van der Waals surface area contributed by atoms with E-state index in [2.05, 4.69) is 45.3 Å². The van der Waals surface area contributed by atoms with Crippen LogP contribution in [0.4, 0.5) is 13.2 Å². The van der Waals surface area contributed by atoms with E-state index in [1.807, 2.05) is 0 Å². The van der Waals surface area contributed by atoms with Crippen LogP contribution in [-0.4, -0.2) is 97.5 Å². The van der Waals surface area contributed by atoms with Crippen molar-refractivity contribution in [1.29, 1.82) is 0 Å². The topological polar surface area (TPSA) is 135 Å². The normalized spacial score (nSPS) is 33.6. The molecule has 9 atom stereocenters. The predicted octanol–water partition coefficient (Wildman–Crippen LogP) is 5.26. The van der Waals surface area contributed by atoms with E-state index < -0.39 is 36.3 Å². The van der Waals surface area contributed by atoms with Crippen LogP contribution in [0, 0.1) is 17.3 Å². The van der Waals surface area contributed by atoms with E-state index in [-0.39, 0.29) is 30.0 Å². The number of fused-ring (bicyclic) bond motifs is 5. The molecule has 2 aromatic heterocycles. The zero-order valence-corrected chi connectivity index (χ0v) is 30.1. The van der Waals surface area contributed by atoms with Crippen LogP contribution in [0.1, 0.15) is 98.9 Å². The molecule has 3 N–H and O–H groups in total. The lowest BCUT2D eigenvalue weighted by Crippen LogP contribution is -2.51. The van der Waals surface area contributed by atoms with Crippen molar-refractivity contribution in [2.24, 2.45) is 17.3 Å². The molecular formula is C39H50F3N5O6. The third-order valence-corrected chi connectivity index (χ3v) is 13.1. The largest absolute Gasteiger partial charge is 0.494 e. The van der Waals surface area contributed by atoms with Crippen molar-refractivity contribution in [2.45, 2.75) is 113 Å². The maximum absolute atomic E-state index is 13.0. The number of hydrogen-bond donors (Lipinski definition) is 3. The number of aliphatic hydroxyl groups excluding tert-OH is 3. The van der Waals surface area contributed by atoms with E-state index in [0.717, 1.165) is 82.5 Å². The number of aromatic nitrogens is 4. The number of nitrogens with zero attached hydrogens (tertiary/aromatic N) is 5. The maximum Gasteiger partial charge on any atom is 0.433 e. The van der Waals surface area contributed by atoms with E-state index in [4.69, 9.17) is 14.2 Å². The number of piperidine rings is 1. The first-order valence-corrected chi connectivity index (χ1v) is 19.2. The summed E-state index contributed by atoms with van der Waals surface area (Å²) in [7, 11) is 0. The Morgan fingerprint density at radius 2 is 1.83 bits per heavy atom. The molecule has 14 heteroatoms. The van der Waals surface area contributed by atoms with Crippen LogP contribution in [0.25, 0.3) is 0 Å². The second-order valence-electron chi connectivity index (χ2n) is 16.1. The summed E-state index contributed by atoms with van der Waals surface area (Å²) in [5.41, 5.74) is 2.30. The van der Waals surface area contributed by atoms with Gasteiger partial charge in [0.25, 0.3) is 0 Å². The number of pyridine rings is 1. The highest BCUT2D eigenvalue weighted by Crippen LogP contribution is 2.61. The van der Waals surface area contributed by atoms with Gasteiger partial charge in [-0.25, -0.2) is 9.67 Å². The molecule has 3 aromatic rings. The van der Waals surface area contributed by atoms with Crippen LogP contribution in [-0.2, 0) is 17.3 Å². The molecule has 1 unspecified atom stereocenters. The summed E-state index contributed by atoms with van der Waals surface area (Å²) in [6.45, 7) is 5.55. The summed E-state index contributed by atoms with van der Waals surface area (Å²) < 4.78 is 58.4. The smallest absolute Gasteiger partial charge is 0.433 e. The molecule has 0 amide bonds. The van der Waals surface area contributed by atoms with Gasteiger partial charge in [-0.2, -0.15) is 13.2 Å². The lowest BCUT2D eigenvalue weighted by molar-refractivity contribution is -0.184. The van der Waals surface area contributed by atoms with Crippen molar-refractivity contribution in [2.75, 3.05) is 32.8 Å². The molecule has 2 saturated carbocycles. The number of halogens is 3. The van der Waals surface area contributed by atoms with Gasteiger partial charge in [-0.05, 0) is 110 Å². The standard InChI is InChI=1S/C39H50F3N5O6/c1-38-15-12-27-26-9-7-25(20-23(26)6-8-28(27)29(38)10-11-33(38)48)51-19-3-16-46-17-13-24(14-18-46)47-21-30(44-45-47)37-36(50)35(49)31(22-52-37)53-34-5-2-4-32(43-34)39(40,41)42/h2,4-5,7,9,20-21,24,27-29,31,33,35-37,48-50H,3,6,8,10-19,22H2,1H3/t27-,28?,29+,31+,33+,35-,36-,37-,38+/m1/s1. The molecule has 3 aliphatic carbocycles. The third-order valence-electron chi connectivity index (χ3n) is 13.1. The molecule has 53 heavy (non-hydrogen) atoms. The number of aryl methyl sites for hydroxylation is 1. The lowest BCUT2D eigenvalue weighted by Gasteiger charge is -2.50. The Kier molecular flexibility index (Phi) is 10.2. The molecule has 1 aromatic carbocycles. The molecule has 8 rings (SSSR count). The fraction of sp³-hybridized carbons (Fsp3) is 0.667. The summed E-state index contributed by atoms with van der Waals surface area (Å²) in [6, 6.07) is 10.1. The average Bonchev–Trinajstić information content (AvgIpc) is 3.76. The van der Waals surface area contributed by atoms with Gasteiger partial charge in [0.05, 0.1) is 31.6 Å². The van der Waals surface area contributed by atoms with Crippen LogP contribution in [0.15, 0.2) is 42.6 Å². The number of likely N-dealkylation sites (tertiary alicyclic amines) is 1. The van der Waals surface area contributed by atoms with Gasteiger partial charge in [0.2, 0.25) is 5.88 Å². The van der Waals surface area contributed by atoms with Crippen molar-refractivity contribution >= 4 is 0 Å². The minimum absolute atomic E-state index is 0.101. The Labute approximate surface area is 307 Å². The number of hydrogen-bond acceptors (Lipinski definition) is 10. The van der Waals surface area contributed by atoms with Gasteiger partial charge >= 0.3 is 6.18 Å². The maximum atomic E-state index is 13.0. The van der Waals surface area contributed by atoms with Crippen molar-refractivity contribution in [3.63, 3.8) is 0 Å². The first-order chi connectivity index (χ1) is 25.5. The van der Waals surface area contributed by atoms with Crippen LogP contribution >= 0.6 is 0 Å². The minimum atomic E-state index is -4.64. The minimum Gasteiger partial charge on any atom is -0.494 e. The molecule has 2 aliphatic heterocycles. The van der Waals surface area contributed by atoms with Crippen molar-refractivity contribution in [1.82, 2.24) is 24.9 Å². The van der Waals surface area contributed by atoms with Crippen LogP contribution < -0.4 is 9.47 Å². The molecule has 2 saturated heterocycles. The van der Waals surface area contributed by atoms with Gasteiger partial charge in [0.15, 0.2) is 6.10 Å². The fourth-order valence-corrected chi connectivity index (χ4v) is 10.1. The molecule has 4 fully saturated rings. The number of rotatable bonds is 9. The van der Waals surface area contributed by atoms with Gasteiger partial charge in [0.1, 0.15) is 35.4 Å². The summed E-state index contributed by atoms with van der Waals surface area (Å²) in [5, 5.41) is 40.8. The zero-order chi connectivity index (χ0) is 36.9. The number of ether oxygens (including phenoxy) is 3. The molecule has 0 bridgehead atoms. The van der Waals surface area contributed by atoms with Crippen LogP contribution in [0.2, 0.25) is 0 Å². The summed E-state index contributed by atoms with van der Waals surface area (Å²) >= 11 is 0. The third kappa shape index (κ3) is 7.29. The van der Waals surface area contributed by atoms with Crippen LogP contribution in [0.5, 0.6) is 11.6 Å². The molecule has 0 radical (unpaired) electrons. The van der Waals surface area contributed by atoms with Crippen molar-refractivity contribution in [3.8, 4) is 11.6 Å². The van der Waals surface area contributed by atoms with Crippen LogP contribution in [0.3, 0.4) is 0 Å². The Morgan fingerprint density at radius 3 is 2.64 bits per heavy atom. The van der Waals surface area contributed by atoms with E-state index >= 15 is 0 Å². The molecule has 0 spiro atoms. The van der Waals surface area contributed by atoms with Gasteiger partial charge in [-0.15, -0.1) is 5.10 Å². The zero-order valence-electron chi connectivity index (χ0n) is 30.1. The number of benzene rings is 1. The summed E-state index contributed by atoms with van der Waals surface area (Å²) in [4.78, 5) is 5.90.